The Morgan fingerprint density at radius 1 is 1.50 bits per heavy atom. The van der Waals surface area contributed by atoms with E-state index in [1.54, 1.807) is 6.20 Å². The maximum Gasteiger partial charge on any atom is 0.222 e. The third-order valence-corrected chi connectivity index (χ3v) is 1.66. The van der Waals surface area contributed by atoms with Crippen LogP contribution in [0.15, 0.2) is 12.3 Å². The quantitative estimate of drug-likeness (QED) is 0.529. The zero-order valence-electron chi connectivity index (χ0n) is 5.21. The second kappa shape index (κ2) is 2.06. The number of rotatable bonds is 0. The molecule has 0 N–H and O–H groups in total. The fraction of sp³-hybridized carbons (Fsp3) is 0.143. The zero-order valence-corrected chi connectivity index (χ0v) is 5.97. The van der Waals surface area contributed by atoms with Crippen molar-refractivity contribution in [2.24, 2.45) is 0 Å². The number of nitrogens with zero attached hydrogens (tertiary/aromatic N) is 2. The number of hydrogen-bond acceptors (Lipinski definition) is 2. The molecule has 50 valence electrons. The Morgan fingerprint density at radius 3 is 3.30 bits per heavy atom. The highest BCUT2D eigenvalue weighted by Crippen LogP contribution is 2.16. The van der Waals surface area contributed by atoms with Crippen molar-refractivity contribution in [1.82, 2.24) is 9.97 Å². The lowest BCUT2D eigenvalue weighted by Gasteiger charge is -1.94. The Bertz CT molecular complexity index is 294. The Labute approximate surface area is 63.6 Å². The summed E-state index contributed by atoms with van der Waals surface area (Å²) in [5.74, 6) is 0. The van der Waals surface area contributed by atoms with Crippen LogP contribution < -0.4 is 0 Å². The molecule has 1 aromatic rings. The molecule has 0 saturated heterocycles. The molecule has 0 spiro atoms. The maximum absolute atomic E-state index is 5.57. The lowest BCUT2D eigenvalue weighted by molar-refractivity contribution is 1.10. The van der Waals surface area contributed by atoms with Crippen molar-refractivity contribution in [2.45, 2.75) is 6.42 Å². The molecule has 0 unspecified atom stereocenters. The summed E-state index contributed by atoms with van der Waals surface area (Å²) in [6, 6.07) is 0. The molecular formula is C7H5ClN2. The van der Waals surface area contributed by atoms with Crippen LogP contribution in [0, 0.1) is 0 Å². The minimum Gasteiger partial charge on any atom is -0.226 e. The minimum absolute atomic E-state index is 0.324. The molecule has 2 nitrogen and oxygen atoms in total. The van der Waals surface area contributed by atoms with Gasteiger partial charge in [-0.2, -0.15) is 0 Å². The Morgan fingerprint density at radius 2 is 2.40 bits per heavy atom. The van der Waals surface area contributed by atoms with Crippen molar-refractivity contribution in [2.75, 3.05) is 0 Å². The van der Waals surface area contributed by atoms with Gasteiger partial charge in [0.15, 0.2) is 0 Å². The third kappa shape index (κ3) is 0.809. The van der Waals surface area contributed by atoms with Gasteiger partial charge in [-0.25, -0.2) is 9.97 Å². The normalized spacial score (nSPS) is 13.7. The number of aromatic nitrogens is 2. The molecule has 1 aliphatic rings. The topological polar surface area (TPSA) is 25.8 Å². The van der Waals surface area contributed by atoms with Gasteiger partial charge in [0.25, 0.3) is 0 Å². The van der Waals surface area contributed by atoms with Gasteiger partial charge in [0.05, 0.1) is 5.69 Å². The zero-order chi connectivity index (χ0) is 6.97. The summed E-state index contributed by atoms with van der Waals surface area (Å²) in [7, 11) is 0. The van der Waals surface area contributed by atoms with E-state index in [9.17, 15) is 0 Å². The van der Waals surface area contributed by atoms with Crippen molar-refractivity contribution in [1.29, 1.82) is 0 Å². The molecule has 0 radical (unpaired) electrons. The van der Waals surface area contributed by atoms with Gasteiger partial charge in [0.2, 0.25) is 5.28 Å². The predicted octanol–water partition coefficient (Wildman–Crippen LogP) is 1.70. The van der Waals surface area contributed by atoms with Crippen molar-refractivity contribution in [3.8, 4) is 0 Å². The van der Waals surface area contributed by atoms with Crippen molar-refractivity contribution in [3.05, 3.63) is 28.8 Å². The van der Waals surface area contributed by atoms with Crippen LogP contribution >= 0.6 is 11.6 Å². The maximum atomic E-state index is 5.57. The molecule has 0 atom stereocenters. The van der Waals surface area contributed by atoms with Crippen molar-refractivity contribution >= 4 is 17.7 Å². The number of halogens is 1. The molecule has 0 bridgehead atoms. The highest BCUT2D eigenvalue weighted by atomic mass is 35.5. The predicted molar refractivity (Wildman–Crippen MR) is 39.8 cm³/mol. The first kappa shape index (κ1) is 5.86. The number of hydrogen-bond donors (Lipinski definition) is 0. The molecule has 10 heavy (non-hydrogen) atoms. The van der Waals surface area contributed by atoms with Gasteiger partial charge in [0.1, 0.15) is 0 Å². The van der Waals surface area contributed by atoms with E-state index >= 15 is 0 Å². The lowest BCUT2D eigenvalue weighted by Crippen LogP contribution is -1.89. The molecule has 1 aliphatic carbocycles. The monoisotopic (exact) mass is 152 g/mol. The molecular weight excluding hydrogens is 148 g/mol. The van der Waals surface area contributed by atoms with Crippen LogP contribution in [0.2, 0.25) is 5.28 Å². The second-order valence-electron chi connectivity index (χ2n) is 2.16. The molecule has 0 aromatic carbocycles. The van der Waals surface area contributed by atoms with Gasteiger partial charge < -0.3 is 0 Å². The van der Waals surface area contributed by atoms with E-state index in [-0.39, 0.29) is 0 Å². The van der Waals surface area contributed by atoms with Crippen LogP contribution in [0.4, 0.5) is 0 Å². The molecule has 0 aliphatic heterocycles. The average molecular weight is 153 g/mol. The summed E-state index contributed by atoms with van der Waals surface area (Å²) in [4.78, 5) is 7.89. The van der Waals surface area contributed by atoms with E-state index in [1.165, 1.54) is 0 Å². The average Bonchev–Trinajstić information content (AvgIpc) is 2.33. The molecule has 3 heteroatoms. The summed E-state index contributed by atoms with van der Waals surface area (Å²) in [5.41, 5.74) is 2.12. The molecule has 2 rings (SSSR count). The van der Waals surface area contributed by atoms with E-state index in [0.29, 0.717) is 5.28 Å². The van der Waals surface area contributed by atoms with Crippen LogP contribution in [-0.4, -0.2) is 9.97 Å². The number of fused-ring (bicyclic) bond motifs is 1. The van der Waals surface area contributed by atoms with E-state index in [1.807, 2.05) is 6.08 Å². The van der Waals surface area contributed by atoms with Gasteiger partial charge in [-0.1, -0.05) is 6.08 Å². The first-order chi connectivity index (χ1) is 4.86. The standard InChI is InChI=1S/C7H5ClN2/c8-7-9-4-5-2-1-3-6(5)10-7/h1,3-4H,2H2. The van der Waals surface area contributed by atoms with Crippen LogP contribution in [0.5, 0.6) is 0 Å². The summed E-state index contributed by atoms with van der Waals surface area (Å²) in [6.45, 7) is 0. The van der Waals surface area contributed by atoms with Gasteiger partial charge >= 0.3 is 0 Å². The first-order valence-corrected chi connectivity index (χ1v) is 3.42. The van der Waals surface area contributed by atoms with Crippen LogP contribution in [0.25, 0.3) is 6.08 Å². The van der Waals surface area contributed by atoms with Gasteiger partial charge in [0, 0.05) is 11.8 Å². The molecule has 0 saturated carbocycles. The molecule has 1 aromatic heterocycles. The third-order valence-electron chi connectivity index (χ3n) is 1.48. The highest BCUT2D eigenvalue weighted by Gasteiger charge is 2.06. The lowest BCUT2D eigenvalue weighted by atomic mass is 10.3. The fourth-order valence-electron chi connectivity index (χ4n) is 0.996. The highest BCUT2D eigenvalue weighted by molar-refractivity contribution is 6.28. The molecule has 0 fully saturated rings. The van der Waals surface area contributed by atoms with Crippen LogP contribution in [0.1, 0.15) is 11.3 Å². The Balaban J connectivity index is 2.60. The Kier molecular flexibility index (Phi) is 1.21. The fourth-order valence-corrected chi connectivity index (χ4v) is 1.14. The van der Waals surface area contributed by atoms with E-state index in [0.717, 1.165) is 17.7 Å². The molecule has 1 heterocycles. The summed E-state index contributed by atoms with van der Waals surface area (Å²) in [5, 5.41) is 0.324. The first-order valence-electron chi connectivity index (χ1n) is 3.04. The van der Waals surface area contributed by atoms with E-state index < -0.39 is 0 Å². The summed E-state index contributed by atoms with van der Waals surface area (Å²) in [6.07, 6.45) is 6.72. The summed E-state index contributed by atoms with van der Waals surface area (Å²) < 4.78 is 0. The second-order valence-corrected chi connectivity index (χ2v) is 2.49. The van der Waals surface area contributed by atoms with Gasteiger partial charge in [-0.15, -0.1) is 0 Å². The van der Waals surface area contributed by atoms with Crippen LogP contribution in [-0.2, 0) is 6.42 Å². The van der Waals surface area contributed by atoms with E-state index in [4.69, 9.17) is 11.6 Å². The van der Waals surface area contributed by atoms with Crippen molar-refractivity contribution in [3.63, 3.8) is 0 Å². The smallest absolute Gasteiger partial charge is 0.222 e. The van der Waals surface area contributed by atoms with E-state index in [2.05, 4.69) is 16.0 Å². The minimum atomic E-state index is 0.324. The van der Waals surface area contributed by atoms with Crippen LogP contribution in [0.3, 0.4) is 0 Å². The Hall–Kier alpha value is -0.890. The summed E-state index contributed by atoms with van der Waals surface area (Å²) >= 11 is 5.57. The largest absolute Gasteiger partial charge is 0.226 e. The number of allylic oxidation sites excluding steroid dienone is 1. The SMILES string of the molecule is Clc1ncc2c(n1)C=CC2. The van der Waals surface area contributed by atoms with Gasteiger partial charge in [-0.05, 0) is 24.1 Å². The van der Waals surface area contributed by atoms with Crippen molar-refractivity contribution < 1.29 is 0 Å². The molecule has 0 amide bonds. The van der Waals surface area contributed by atoms with Gasteiger partial charge in [-0.3, -0.25) is 0 Å².